The molecule has 1 heterocycles. The van der Waals surface area contributed by atoms with E-state index in [4.69, 9.17) is 15.9 Å². The first-order valence-electron chi connectivity index (χ1n) is 4.50. The van der Waals surface area contributed by atoms with Gasteiger partial charge in [-0.1, -0.05) is 0 Å². The Hall–Kier alpha value is -1.01. The molecule has 0 saturated carbocycles. The van der Waals surface area contributed by atoms with Gasteiger partial charge in [0.15, 0.2) is 5.60 Å². The third kappa shape index (κ3) is 2.02. The largest absolute Gasteiger partial charge is 0.464 e. The van der Waals surface area contributed by atoms with E-state index >= 15 is 0 Å². The van der Waals surface area contributed by atoms with Crippen LogP contribution in [0.2, 0.25) is 0 Å². The minimum atomic E-state index is -0.842. The maximum absolute atomic E-state index is 11.5. The molecule has 1 unspecified atom stereocenters. The van der Waals surface area contributed by atoms with Crippen LogP contribution < -0.4 is 0 Å². The molecule has 1 aliphatic rings. The first kappa shape index (κ1) is 10.1. The summed E-state index contributed by atoms with van der Waals surface area (Å²) in [5.74, 6) is 2.15. The molecule has 0 amide bonds. The topological polar surface area (TPSA) is 35.5 Å². The van der Waals surface area contributed by atoms with Crippen LogP contribution >= 0.6 is 0 Å². The van der Waals surface area contributed by atoms with Gasteiger partial charge >= 0.3 is 5.97 Å². The molecule has 13 heavy (non-hydrogen) atoms. The summed E-state index contributed by atoms with van der Waals surface area (Å²) in [5, 5.41) is 0. The number of ether oxygens (including phenoxy) is 2. The SMILES string of the molecule is C#CCC1(C(=O)OCC)CCCO1. The number of carbonyl (C=O) groups excluding carboxylic acids is 1. The predicted octanol–water partition coefficient (Wildman–Crippen LogP) is 1.12. The summed E-state index contributed by atoms with van der Waals surface area (Å²) < 4.78 is 10.3. The van der Waals surface area contributed by atoms with E-state index in [0.717, 1.165) is 6.42 Å². The van der Waals surface area contributed by atoms with Crippen LogP contribution in [-0.2, 0) is 14.3 Å². The zero-order valence-corrected chi connectivity index (χ0v) is 7.84. The minimum absolute atomic E-state index is 0.311. The van der Waals surface area contributed by atoms with Gasteiger partial charge < -0.3 is 9.47 Å². The molecule has 3 heteroatoms. The Morgan fingerprint density at radius 1 is 1.77 bits per heavy atom. The van der Waals surface area contributed by atoms with Crippen molar-refractivity contribution >= 4 is 5.97 Å². The van der Waals surface area contributed by atoms with Gasteiger partial charge in [0.05, 0.1) is 6.61 Å². The molecule has 0 aliphatic carbocycles. The van der Waals surface area contributed by atoms with Crippen molar-refractivity contribution in [1.82, 2.24) is 0 Å². The van der Waals surface area contributed by atoms with Gasteiger partial charge in [0, 0.05) is 13.0 Å². The van der Waals surface area contributed by atoms with E-state index in [-0.39, 0.29) is 5.97 Å². The van der Waals surface area contributed by atoms with Gasteiger partial charge in [0.2, 0.25) is 0 Å². The molecule has 0 aromatic heterocycles. The smallest absolute Gasteiger partial charge is 0.339 e. The lowest BCUT2D eigenvalue weighted by Crippen LogP contribution is -2.39. The normalized spacial score (nSPS) is 26.8. The average Bonchev–Trinajstić information content (AvgIpc) is 2.55. The van der Waals surface area contributed by atoms with Crippen molar-refractivity contribution in [3.8, 4) is 12.3 Å². The molecular weight excluding hydrogens is 168 g/mol. The second-order valence-electron chi connectivity index (χ2n) is 3.05. The summed E-state index contributed by atoms with van der Waals surface area (Å²) in [7, 11) is 0. The number of esters is 1. The van der Waals surface area contributed by atoms with Gasteiger partial charge in [-0.25, -0.2) is 4.79 Å². The zero-order chi connectivity index (χ0) is 9.73. The summed E-state index contributed by atoms with van der Waals surface area (Å²) in [4.78, 5) is 11.5. The standard InChI is InChI=1S/C10H14O3/c1-3-6-10(7-5-8-13-10)9(11)12-4-2/h1H,4-8H2,2H3. The monoisotopic (exact) mass is 182 g/mol. The van der Waals surface area contributed by atoms with Crippen molar-refractivity contribution in [3.63, 3.8) is 0 Å². The van der Waals surface area contributed by atoms with E-state index in [1.54, 1.807) is 6.92 Å². The quantitative estimate of drug-likeness (QED) is 0.484. The Kier molecular flexibility index (Phi) is 3.32. The summed E-state index contributed by atoms with van der Waals surface area (Å²) in [6.45, 7) is 2.74. The molecule has 3 nitrogen and oxygen atoms in total. The molecule has 1 rings (SSSR count). The number of rotatable bonds is 3. The molecule has 0 aromatic carbocycles. The molecule has 1 aliphatic heterocycles. The molecule has 1 atom stereocenters. The number of hydrogen-bond acceptors (Lipinski definition) is 3. The van der Waals surface area contributed by atoms with E-state index in [1.165, 1.54) is 0 Å². The van der Waals surface area contributed by atoms with Crippen LogP contribution in [0.1, 0.15) is 26.2 Å². The van der Waals surface area contributed by atoms with Gasteiger partial charge in [-0.15, -0.1) is 12.3 Å². The van der Waals surface area contributed by atoms with Crippen molar-refractivity contribution < 1.29 is 14.3 Å². The Labute approximate surface area is 78.4 Å². The van der Waals surface area contributed by atoms with E-state index in [1.807, 2.05) is 0 Å². The van der Waals surface area contributed by atoms with Crippen molar-refractivity contribution in [2.45, 2.75) is 31.8 Å². The number of hydrogen-bond donors (Lipinski definition) is 0. The fourth-order valence-electron chi connectivity index (χ4n) is 1.50. The van der Waals surface area contributed by atoms with Crippen LogP contribution in [0.25, 0.3) is 0 Å². The highest BCUT2D eigenvalue weighted by Gasteiger charge is 2.43. The lowest BCUT2D eigenvalue weighted by molar-refractivity contribution is -0.165. The van der Waals surface area contributed by atoms with Gasteiger partial charge in [0.1, 0.15) is 0 Å². The van der Waals surface area contributed by atoms with Crippen LogP contribution in [0.5, 0.6) is 0 Å². The Morgan fingerprint density at radius 2 is 2.54 bits per heavy atom. The maximum Gasteiger partial charge on any atom is 0.339 e. The van der Waals surface area contributed by atoms with Crippen molar-refractivity contribution in [3.05, 3.63) is 0 Å². The van der Waals surface area contributed by atoms with E-state index in [0.29, 0.717) is 26.1 Å². The number of terminal acetylenes is 1. The fourth-order valence-corrected chi connectivity index (χ4v) is 1.50. The van der Waals surface area contributed by atoms with E-state index in [2.05, 4.69) is 5.92 Å². The third-order valence-electron chi connectivity index (χ3n) is 2.14. The Morgan fingerprint density at radius 3 is 3.00 bits per heavy atom. The molecule has 1 fully saturated rings. The molecule has 0 radical (unpaired) electrons. The number of carbonyl (C=O) groups is 1. The van der Waals surface area contributed by atoms with Gasteiger partial charge in [-0.3, -0.25) is 0 Å². The second-order valence-corrected chi connectivity index (χ2v) is 3.05. The second kappa shape index (κ2) is 4.29. The lowest BCUT2D eigenvalue weighted by Gasteiger charge is -2.23. The Bertz CT molecular complexity index is 221. The van der Waals surface area contributed by atoms with Gasteiger partial charge in [-0.05, 0) is 19.8 Å². The molecular formula is C10H14O3. The first-order valence-corrected chi connectivity index (χ1v) is 4.50. The molecule has 0 aromatic rings. The van der Waals surface area contributed by atoms with E-state index < -0.39 is 5.60 Å². The summed E-state index contributed by atoms with van der Waals surface area (Å²) >= 11 is 0. The molecule has 0 N–H and O–H groups in total. The average molecular weight is 182 g/mol. The highest BCUT2D eigenvalue weighted by molar-refractivity contribution is 5.80. The van der Waals surface area contributed by atoms with Crippen molar-refractivity contribution in [2.24, 2.45) is 0 Å². The van der Waals surface area contributed by atoms with Gasteiger partial charge in [-0.2, -0.15) is 0 Å². The minimum Gasteiger partial charge on any atom is -0.464 e. The van der Waals surface area contributed by atoms with Crippen LogP contribution in [0.15, 0.2) is 0 Å². The summed E-state index contributed by atoms with van der Waals surface area (Å²) in [5.41, 5.74) is -0.842. The lowest BCUT2D eigenvalue weighted by atomic mass is 9.97. The highest BCUT2D eigenvalue weighted by atomic mass is 16.6. The van der Waals surface area contributed by atoms with Crippen LogP contribution in [-0.4, -0.2) is 24.8 Å². The molecule has 0 spiro atoms. The molecule has 72 valence electrons. The first-order chi connectivity index (χ1) is 6.25. The predicted molar refractivity (Wildman–Crippen MR) is 48.0 cm³/mol. The Balaban J connectivity index is 2.67. The fraction of sp³-hybridized carbons (Fsp3) is 0.700. The van der Waals surface area contributed by atoms with Crippen LogP contribution in [0.3, 0.4) is 0 Å². The highest BCUT2D eigenvalue weighted by Crippen LogP contribution is 2.30. The maximum atomic E-state index is 11.5. The molecule has 0 bridgehead atoms. The van der Waals surface area contributed by atoms with Crippen LogP contribution in [0.4, 0.5) is 0 Å². The van der Waals surface area contributed by atoms with E-state index in [9.17, 15) is 4.79 Å². The van der Waals surface area contributed by atoms with Crippen LogP contribution in [0, 0.1) is 12.3 Å². The molecule has 1 saturated heterocycles. The summed E-state index contributed by atoms with van der Waals surface area (Å²) in [6.07, 6.45) is 7.05. The van der Waals surface area contributed by atoms with Crippen molar-refractivity contribution in [2.75, 3.05) is 13.2 Å². The van der Waals surface area contributed by atoms with Gasteiger partial charge in [0.25, 0.3) is 0 Å². The van der Waals surface area contributed by atoms with Crippen molar-refractivity contribution in [1.29, 1.82) is 0 Å². The summed E-state index contributed by atoms with van der Waals surface area (Å²) in [6, 6.07) is 0. The zero-order valence-electron chi connectivity index (χ0n) is 7.84. The third-order valence-corrected chi connectivity index (χ3v) is 2.14.